The number of amides is 1. The molecule has 1 amide bonds. The van der Waals surface area contributed by atoms with Crippen molar-refractivity contribution in [2.45, 2.75) is 77.9 Å². The van der Waals surface area contributed by atoms with E-state index in [9.17, 15) is 4.79 Å². The first-order valence-electron chi connectivity index (χ1n) is 11.5. The molecule has 1 aromatic heterocycles. The van der Waals surface area contributed by atoms with E-state index in [4.69, 9.17) is 4.74 Å². The van der Waals surface area contributed by atoms with E-state index in [0.717, 1.165) is 43.9 Å². The molecule has 158 valence electrons. The lowest BCUT2D eigenvalue weighted by Gasteiger charge is -2.63. The SMILES string of the molecule is C[C@H]1CC2N(C)C(=O)CCC2(C)C2CCC3(C)C[C@@H](Oc4cnccn4)CC3C21. The molecule has 5 heteroatoms. The van der Waals surface area contributed by atoms with Crippen molar-refractivity contribution >= 4 is 5.91 Å². The monoisotopic (exact) mass is 397 g/mol. The van der Waals surface area contributed by atoms with Gasteiger partial charge < -0.3 is 9.64 Å². The van der Waals surface area contributed by atoms with Gasteiger partial charge in [-0.05, 0) is 73.0 Å². The van der Waals surface area contributed by atoms with Crippen molar-refractivity contribution in [3.63, 3.8) is 0 Å². The number of fused-ring (bicyclic) bond motifs is 5. The summed E-state index contributed by atoms with van der Waals surface area (Å²) in [7, 11) is 2.05. The van der Waals surface area contributed by atoms with Crippen LogP contribution in [0.2, 0.25) is 0 Å². The number of ether oxygens (including phenoxy) is 1. The summed E-state index contributed by atoms with van der Waals surface area (Å²) in [4.78, 5) is 23.0. The molecular weight excluding hydrogens is 362 g/mol. The third-order valence-electron chi connectivity index (χ3n) is 9.49. The fraction of sp³-hybridized carbons (Fsp3) is 0.792. The minimum atomic E-state index is 0.244. The quantitative estimate of drug-likeness (QED) is 0.745. The Labute approximate surface area is 174 Å². The molecule has 0 N–H and O–H groups in total. The van der Waals surface area contributed by atoms with Crippen LogP contribution in [0, 0.1) is 34.5 Å². The zero-order chi connectivity index (χ0) is 20.4. The van der Waals surface area contributed by atoms with Gasteiger partial charge in [-0.15, -0.1) is 0 Å². The Morgan fingerprint density at radius 1 is 1.17 bits per heavy atom. The number of aromatic nitrogens is 2. The van der Waals surface area contributed by atoms with Gasteiger partial charge in [0.25, 0.3) is 0 Å². The van der Waals surface area contributed by atoms with Gasteiger partial charge in [0, 0.05) is 31.9 Å². The highest BCUT2D eigenvalue weighted by Crippen LogP contribution is 2.66. The zero-order valence-electron chi connectivity index (χ0n) is 18.3. The molecule has 5 nitrogen and oxygen atoms in total. The van der Waals surface area contributed by atoms with E-state index in [1.165, 1.54) is 12.8 Å². The molecule has 3 saturated carbocycles. The molecule has 29 heavy (non-hydrogen) atoms. The van der Waals surface area contributed by atoms with Crippen molar-refractivity contribution in [1.82, 2.24) is 14.9 Å². The molecule has 5 rings (SSSR count). The lowest BCUT2D eigenvalue weighted by Crippen LogP contribution is -2.62. The fourth-order valence-electron chi connectivity index (χ4n) is 8.06. The Morgan fingerprint density at radius 2 is 2.00 bits per heavy atom. The van der Waals surface area contributed by atoms with Crippen molar-refractivity contribution in [1.29, 1.82) is 0 Å². The van der Waals surface area contributed by atoms with Crippen LogP contribution in [0.25, 0.3) is 0 Å². The second-order valence-corrected chi connectivity index (χ2v) is 10.9. The van der Waals surface area contributed by atoms with Crippen LogP contribution < -0.4 is 4.74 Å². The molecule has 0 spiro atoms. The van der Waals surface area contributed by atoms with Crippen molar-refractivity contribution < 1.29 is 9.53 Å². The summed E-state index contributed by atoms with van der Waals surface area (Å²) < 4.78 is 6.28. The van der Waals surface area contributed by atoms with Gasteiger partial charge in [0.2, 0.25) is 11.8 Å². The minimum Gasteiger partial charge on any atom is -0.473 e. The maximum Gasteiger partial charge on any atom is 0.232 e. The highest BCUT2D eigenvalue weighted by Gasteiger charge is 2.62. The van der Waals surface area contributed by atoms with Gasteiger partial charge in [0.05, 0.1) is 6.20 Å². The molecule has 3 aliphatic carbocycles. The summed E-state index contributed by atoms with van der Waals surface area (Å²) in [6.07, 6.45) is 13.2. The average molecular weight is 398 g/mol. The Morgan fingerprint density at radius 3 is 2.76 bits per heavy atom. The molecular formula is C24H35N3O2. The molecule has 0 radical (unpaired) electrons. The first-order valence-corrected chi connectivity index (χ1v) is 11.5. The van der Waals surface area contributed by atoms with Crippen LogP contribution in [-0.4, -0.2) is 40.0 Å². The number of rotatable bonds is 2. The molecule has 2 heterocycles. The second-order valence-electron chi connectivity index (χ2n) is 10.9. The summed E-state index contributed by atoms with van der Waals surface area (Å²) in [5.41, 5.74) is 0.632. The number of nitrogens with zero attached hydrogens (tertiary/aromatic N) is 3. The van der Waals surface area contributed by atoms with E-state index in [2.05, 4.69) is 35.6 Å². The molecule has 0 bridgehead atoms. The van der Waals surface area contributed by atoms with Crippen LogP contribution in [0.15, 0.2) is 18.6 Å². The Kier molecular flexibility index (Phi) is 4.45. The van der Waals surface area contributed by atoms with Crippen LogP contribution in [0.4, 0.5) is 0 Å². The number of likely N-dealkylation sites (tertiary alicyclic amines) is 1. The number of carbonyl (C=O) groups excluding carboxylic acids is 1. The first kappa shape index (κ1) is 19.3. The van der Waals surface area contributed by atoms with Gasteiger partial charge in [-0.3, -0.25) is 9.78 Å². The van der Waals surface area contributed by atoms with Gasteiger partial charge in [-0.25, -0.2) is 4.98 Å². The summed E-state index contributed by atoms with van der Waals surface area (Å²) in [5.74, 6) is 3.83. The van der Waals surface area contributed by atoms with Crippen molar-refractivity contribution in [2.24, 2.45) is 34.5 Å². The molecule has 1 aliphatic heterocycles. The van der Waals surface area contributed by atoms with Crippen LogP contribution >= 0.6 is 0 Å². The third kappa shape index (κ3) is 2.90. The van der Waals surface area contributed by atoms with Crippen molar-refractivity contribution in [3.05, 3.63) is 18.6 Å². The highest BCUT2D eigenvalue weighted by atomic mass is 16.5. The molecule has 8 atom stereocenters. The summed E-state index contributed by atoms with van der Waals surface area (Å²) in [5, 5.41) is 0. The van der Waals surface area contributed by atoms with E-state index >= 15 is 0 Å². The smallest absolute Gasteiger partial charge is 0.232 e. The standard InChI is InChI=1S/C24H35N3O2/c1-15-11-19-24(3,8-6-21(28)27(19)4)17-5-7-23(2)13-16(12-18(23)22(15)17)29-20-14-25-9-10-26-20/h9-10,14-19,22H,5-8,11-13H2,1-4H3/t15-,16-,17?,18?,19?,22?,23?,24?/m0/s1. The predicted octanol–water partition coefficient (Wildman–Crippen LogP) is 4.33. The Balaban J connectivity index is 1.41. The van der Waals surface area contributed by atoms with Crippen molar-refractivity contribution in [2.75, 3.05) is 7.05 Å². The van der Waals surface area contributed by atoms with Crippen LogP contribution in [-0.2, 0) is 4.79 Å². The van der Waals surface area contributed by atoms with Crippen LogP contribution in [0.3, 0.4) is 0 Å². The first-order chi connectivity index (χ1) is 13.8. The number of piperidine rings is 1. The van der Waals surface area contributed by atoms with Gasteiger partial charge in [-0.2, -0.15) is 0 Å². The molecule has 6 unspecified atom stereocenters. The van der Waals surface area contributed by atoms with E-state index < -0.39 is 0 Å². The summed E-state index contributed by atoms with van der Waals surface area (Å²) in [6.45, 7) is 7.45. The van der Waals surface area contributed by atoms with Gasteiger partial charge >= 0.3 is 0 Å². The normalized spacial score (nSPS) is 46.6. The average Bonchev–Trinajstić information content (AvgIpc) is 3.03. The number of hydrogen-bond donors (Lipinski definition) is 0. The maximum atomic E-state index is 12.4. The molecule has 1 aromatic rings. The minimum absolute atomic E-state index is 0.244. The third-order valence-corrected chi connectivity index (χ3v) is 9.49. The van der Waals surface area contributed by atoms with Crippen LogP contribution in [0.1, 0.15) is 65.7 Å². The topological polar surface area (TPSA) is 55.3 Å². The van der Waals surface area contributed by atoms with E-state index in [1.807, 2.05) is 7.05 Å². The Hall–Kier alpha value is -1.65. The largest absolute Gasteiger partial charge is 0.473 e. The number of carbonyl (C=O) groups is 1. The molecule has 4 aliphatic rings. The number of hydrogen-bond acceptors (Lipinski definition) is 4. The molecule has 0 aromatic carbocycles. The Bertz CT molecular complexity index is 786. The van der Waals surface area contributed by atoms with E-state index in [1.54, 1.807) is 18.6 Å². The van der Waals surface area contributed by atoms with Gasteiger partial charge in [-0.1, -0.05) is 20.8 Å². The van der Waals surface area contributed by atoms with E-state index in [-0.39, 0.29) is 11.5 Å². The zero-order valence-corrected chi connectivity index (χ0v) is 18.3. The predicted molar refractivity (Wildman–Crippen MR) is 111 cm³/mol. The molecule has 4 fully saturated rings. The van der Waals surface area contributed by atoms with Gasteiger partial charge in [0.1, 0.15) is 6.10 Å². The summed E-state index contributed by atoms with van der Waals surface area (Å²) >= 11 is 0. The van der Waals surface area contributed by atoms with E-state index in [0.29, 0.717) is 35.1 Å². The van der Waals surface area contributed by atoms with Crippen LogP contribution in [0.5, 0.6) is 5.88 Å². The maximum absolute atomic E-state index is 12.4. The lowest BCUT2D eigenvalue weighted by atomic mass is 9.45. The second kappa shape index (κ2) is 6.68. The molecule has 1 saturated heterocycles. The fourth-order valence-corrected chi connectivity index (χ4v) is 8.06. The van der Waals surface area contributed by atoms with Gasteiger partial charge in [0.15, 0.2) is 0 Å². The van der Waals surface area contributed by atoms with Crippen molar-refractivity contribution in [3.8, 4) is 5.88 Å². The lowest BCUT2D eigenvalue weighted by molar-refractivity contribution is -0.164. The summed E-state index contributed by atoms with van der Waals surface area (Å²) in [6, 6.07) is 0.414. The highest BCUT2D eigenvalue weighted by molar-refractivity contribution is 5.77.